The first-order chi connectivity index (χ1) is 12.2. The van der Waals surface area contributed by atoms with Crippen LogP contribution in [0.5, 0.6) is 5.75 Å². The summed E-state index contributed by atoms with van der Waals surface area (Å²) in [5.74, 6) is 0.780. The van der Waals surface area contributed by atoms with Crippen molar-refractivity contribution in [3.8, 4) is 5.75 Å². The fourth-order valence-electron chi connectivity index (χ4n) is 2.46. The third-order valence-corrected chi connectivity index (χ3v) is 3.83. The van der Waals surface area contributed by atoms with Gasteiger partial charge in [-0.25, -0.2) is 9.78 Å². The number of aromatic nitrogens is 2. The molecule has 0 bridgehead atoms. The van der Waals surface area contributed by atoms with Crippen molar-refractivity contribution in [1.29, 1.82) is 0 Å². The quantitative estimate of drug-likeness (QED) is 0.709. The van der Waals surface area contributed by atoms with Crippen LogP contribution in [0.3, 0.4) is 0 Å². The van der Waals surface area contributed by atoms with E-state index in [0.717, 1.165) is 22.7 Å². The van der Waals surface area contributed by atoms with Crippen LogP contribution in [-0.4, -0.2) is 22.0 Å². The number of pyridine rings is 1. The van der Waals surface area contributed by atoms with Gasteiger partial charge in [-0.2, -0.15) is 0 Å². The van der Waals surface area contributed by atoms with Crippen molar-refractivity contribution in [2.75, 3.05) is 6.61 Å². The van der Waals surface area contributed by atoms with Crippen molar-refractivity contribution in [3.05, 3.63) is 65.1 Å². The predicted molar refractivity (Wildman–Crippen MR) is 96.9 cm³/mol. The zero-order valence-electron chi connectivity index (χ0n) is 13.8. The van der Waals surface area contributed by atoms with Crippen molar-refractivity contribution in [3.63, 3.8) is 0 Å². The maximum atomic E-state index is 12.0. The number of nitrogens with zero attached hydrogens (tertiary/aromatic N) is 2. The van der Waals surface area contributed by atoms with Crippen LogP contribution in [0.25, 0.3) is 5.65 Å². The van der Waals surface area contributed by atoms with E-state index in [-0.39, 0.29) is 6.03 Å². The molecule has 0 saturated carbocycles. The highest BCUT2D eigenvalue weighted by Gasteiger charge is 2.07. The van der Waals surface area contributed by atoms with Gasteiger partial charge in [0.05, 0.1) is 23.9 Å². The van der Waals surface area contributed by atoms with Crippen LogP contribution in [0.15, 0.2) is 48.8 Å². The number of hydrogen-bond acceptors (Lipinski definition) is 3. The third kappa shape index (κ3) is 4.42. The Balaban J connectivity index is 1.54. The molecule has 0 spiro atoms. The first-order valence-corrected chi connectivity index (χ1v) is 8.39. The summed E-state index contributed by atoms with van der Waals surface area (Å²) in [6.45, 7) is 3.24. The van der Waals surface area contributed by atoms with Gasteiger partial charge in [0.15, 0.2) is 0 Å². The number of fused-ring (bicyclic) bond motifs is 1. The normalized spacial score (nSPS) is 10.6. The Hall–Kier alpha value is -2.73. The number of amides is 2. The van der Waals surface area contributed by atoms with Crippen LogP contribution in [0.1, 0.15) is 18.2 Å². The van der Waals surface area contributed by atoms with E-state index in [0.29, 0.717) is 24.7 Å². The number of nitrogens with one attached hydrogen (secondary N) is 2. The van der Waals surface area contributed by atoms with Gasteiger partial charge < -0.3 is 19.8 Å². The molecule has 0 unspecified atom stereocenters. The average Bonchev–Trinajstić information content (AvgIpc) is 3.01. The Morgan fingerprint density at radius 2 is 1.96 bits per heavy atom. The zero-order chi connectivity index (χ0) is 17.6. The monoisotopic (exact) mass is 358 g/mol. The van der Waals surface area contributed by atoms with Gasteiger partial charge >= 0.3 is 6.03 Å². The van der Waals surface area contributed by atoms with Gasteiger partial charge in [-0.1, -0.05) is 29.8 Å². The molecule has 0 aliphatic carbocycles. The van der Waals surface area contributed by atoms with Gasteiger partial charge in [-0.3, -0.25) is 0 Å². The summed E-state index contributed by atoms with van der Waals surface area (Å²) in [6, 6.07) is 11.0. The SMILES string of the molecule is CCOc1ccccc1CNC(=O)NCc1cn2cc(Cl)ccc2n1. The lowest BCUT2D eigenvalue weighted by molar-refractivity contribution is 0.240. The van der Waals surface area contributed by atoms with E-state index in [1.54, 1.807) is 12.3 Å². The molecule has 2 amide bonds. The number of benzene rings is 1. The molecule has 0 fully saturated rings. The van der Waals surface area contributed by atoms with Crippen molar-refractivity contribution >= 4 is 23.3 Å². The highest BCUT2D eigenvalue weighted by atomic mass is 35.5. The Bertz CT molecular complexity index is 878. The summed E-state index contributed by atoms with van der Waals surface area (Å²) in [5, 5.41) is 6.26. The molecule has 0 aliphatic heterocycles. The molecule has 130 valence electrons. The molecule has 0 atom stereocenters. The minimum absolute atomic E-state index is 0.263. The fourth-order valence-corrected chi connectivity index (χ4v) is 2.63. The fraction of sp³-hybridized carbons (Fsp3) is 0.222. The highest BCUT2D eigenvalue weighted by Crippen LogP contribution is 2.17. The summed E-state index contributed by atoms with van der Waals surface area (Å²) in [4.78, 5) is 16.4. The molecule has 0 radical (unpaired) electrons. The second-order valence-electron chi connectivity index (χ2n) is 5.42. The van der Waals surface area contributed by atoms with Crippen LogP contribution in [0, 0.1) is 0 Å². The summed E-state index contributed by atoms with van der Waals surface area (Å²) < 4.78 is 7.38. The van der Waals surface area contributed by atoms with E-state index in [1.165, 1.54) is 0 Å². The average molecular weight is 359 g/mol. The minimum atomic E-state index is -0.263. The third-order valence-electron chi connectivity index (χ3n) is 3.61. The molecular formula is C18H19ClN4O2. The number of ether oxygens (including phenoxy) is 1. The molecule has 6 nitrogen and oxygen atoms in total. The van der Waals surface area contributed by atoms with Crippen molar-refractivity contribution in [2.24, 2.45) is 0 Å². The van der Waals surface area contributed by atoms with Gasteiger partial charge in [-0.15, -0.1) is 0 Å². The number of para-hydroxylation sites is 1. The van der Waals surface area contributed by atoms with E-state index >= 15 is 0 Å². The van der Waals surface area contributed by atoms with E-state index < -0.39 is 0 Å². The molecule has 3 rings (SSSR count). The number of halogens is 1. The van der Waals surface area contributed by atoms with Crippen molar-refractivity contribution in [1.82, 2.24) is 20.0 Å². The number of carbonyl (C=O) groups excluding carboxylic acids is 1. The molecule has 7 heteroatoms. The lowest BCUT2D eigenvalue weighted by Gasteiger charge is -2.11. The van der Waals surface area contributed by atoms with E-state index in [2.05, 4.69) is 15.6 Å². The van der Waals surface area contributed by atoms with Gasteiger partial charge in [0.25, 0.3) is 0 Å². The predicted octanol–water partition coefficient (Wildman–Crippen LogP) is 3.39. The lowest BCUT2D eigenvalue weighted by Crippen LogP contribution is -2.34. The zero-order valence-corrected chi connectivity index (χ0v) is 14.6. The Morgan fingerprint density at radius 3 is 2.80 bits per heavy atom. The molecule has 2 aromatic heterocycles. The van der Waals surface area contributed by atoms with Crippen LogP contribution in [-0.2, 0) is 13.1 Å². The number of carbonyl (C=O) groups is 1. The van der Waals surface area contributed by atoms with E-state index in [1.807, 2.05) is 47.9 Å². The summed E-state index contributed by atoms with van der Waals surface area (Å²) in [7, 11) is 0. The number of hydrogen-bond donors (Lipinski definition) is 2. The standard InChI is InChI=1S/C18H19ClN4O2/c1-2-25-16-6-4-3-5-13(16)9-20-18(24)21-10-15-12-23-11-14(19)7-8-17(23)22-15/h3-8,11-12H,2,9-10H2,1H3,(H2,20,21,24). The maximum absolute atomic E-state index is 12.0. The molecule has 2 N–H and O–H groups in total. The number of imidazole rings is 1. The molecular weight excluding hydrogens is 340 g/mol. The Morgan fingerprint density at radius 1 is 1.16 bits per heavy atom. The van der Waals surface area contributed by atoms with Gasteiger partial charge in [0.1, 0.15) is 11.4 Å². The maximum Gasteiger partial charge on any atom is 0.315 e. The minimum Gasteiger partial charge on any atom is -0.494 e. The Kier molecular flexibility index (Phi) is 5.40. The van der Waals surface area contributed by atoms with Gasteiger partial charge in [-0.05, 0) is 25.1 Å². The first kappa shape index (κ1) is 17.1. The summed E-state index contributed by atoms with van der Waals surface area (Å²) >= 11 is 5.95. The lowest BCUT2D eigenvalue weighted by atomic mass is 10.2. The summed E-state index contributed by atoms with van der Waals surface area (Å²) in [5.41, 5.74) is 2.47. The van der Waals surface area contributed by atoms with E-state index in [9.17, 15) is 4.79 Å². The molecule has 0 saturated heterocycles. The van der Waals surface area contributed by atoms with Crippen LogP contribution in [0.4, 0.5) is 4.79 Å². The number of rotatable bonds is 6. The van der Waals surface area contributed by atoms with Crippen LogP contribution >= 0.6 is 11.6 Å². The van der Waals surface area contributed by atoms with E-state index in [4.69, 9.17) is 16.3 Å². The molecule has 3 aromatic rings. The first-order valence-electron chi connectivity index (χ1n) is 8.01. The van der Waals surface area contributed by atoms with Crippen molar-refractivity contribution < 1.29 is 9.53 Å². The topological polar surface area (TPSA) is 67.7 Å². The Labute approximate surface area is 150 Å². The second-order valence-corrected chi connectivity index (χ2v) is 5.86. The molecule has 1 aromatic carbocycles. The van der Waals surface area contributed by atoms with Crippen LogP contribution < -0.4 is 15.4 Å². The van der Waals surface area contributed by atoms with Gasteiger partial charge in [0, 0.05) is 24.5 Å². The summed E-state index contributed by atoms with van der Waals surface area (Å²) in [6.07, 6.45) is 3.62. The molecule has 25 heavy (non-hydrogen) atoms. The van der Waals surface area contributed by atoms with Crippen LogP contribution in [0.2, 0.25) is 5.02 Å². The second kappa shape index (κ2) is 7.90. The highest BCUT2D eigenvalue weighted by molar-refractivity contribution is 6.30. The largest absolute Gasteiger partial charge is 0.494 e. The number of urea groups is 1. The molecule has 2 heterocycles. The van der Waals surface area contributed by atoms with Gasteiger partial charge in [0.2, 0.25) is 0 Å². The van der Waals surface area contributed by atoms with Crippen molar-refractivity contribution in [2.45, 2.75) is 20.0 Å². The molecule has 0 aliphatic rings. The smallest absolute Gasteiger partial charge is 0.315 e.